The first-order chi connectivity index (χ1) is 6.59. The first-order valence-electron chi connectivity index (χ1n) is 4.11. The van der Waals surface area contributed by atoms with E-state index in [2.05, 4.69) is 10.1 Å². The maximum Gasteiger partial charge on any atom is 0.413 e. The number of rotatable bonds is 2. The van der Waals surface area contributed by atoms with Gasteiger partial charge < -0.3 is 9.84 Å². The van der Waals surface area contributed by atoms with Gasteiger partial charge in [-0.05, 0) is 19.1 Å². The second-order valence-corrected chi connectivity index (χ2v) is 2.75. The monoisotopic (exact) mass is 196 g/mol. The Bertz CT molecular complexity index is 326. The van der Waals surface area contributed by atoms with Crippen LogP contribution >= 0.6 is 0 Å². The van der Waals surface area contributed by atoms with Crippen molar-refractivity contribution < 1.29 is 14.6 Å². The average Bonchev–Trinajstić information content (AvgIpc) is 2.07. The van der Waals surface area contributed by atoms with E-state index >= 15 is 0 Å². The number of hydrogen-bond acceptors (Lipinski definition) is 4. The molecule has 0 aliphatic carbocycles. The number of nitrogens with one attached hydrogen (secondary N) is 1. The van der Waals surface area contributed by atoms with Gasteiger partial charge in [0.1, 0.15) is 12.0 Å². The third-order valence-electron chi connectivity index (χ3n) is 1.43. The molecule has 0 aromatic heterocycles. The Morgan fingerprint density at radius 2 is 2.21 bits per heavy atom. The van der Waals surface area contributed by atoms with E-state index in [0.717, 1.165) is 0 Å². The van der Waals surface area contributed by atoms with Gasteiger partial charge in [0.05, 0.1) is 5.69 Å². The number of nitrogens with two attached hydrogens (primary N) is 1. The Hall–Kier alpha value is -1.75. The topological polar surface area (TPSA) is 84.6 Å². The fraction of sp³-hybridized carbons (Fsp3) is 0.222. The number of carbonyl (C=O) groups excluding carboxylic acids is 1. The second kappa shape index (κ2) is 4.48. The smallest absolute Gasteiger partial charge is 0.413 e. The summed E-state index contributed by atoms with van der Waals surface area (Å²) in [6, 6.07) is 6.35. The minimum Gasteiger partial charge on any atom is -0.506 e. The van der Waals surface area contributed by atoms with Crippen molar-refractivity contribution in [2.75, 3.05) is 5.32 Å². The summed E-state index contributed by atoms with van der Waals surface area (Å²) in [6.45, 7) is 1.53. The Morgan fingerprint density at radius 3 is 2.79 bits per heavy atom. The zero-order valence-electron chi connectivity index (χ0n) is 7.73. The first-order valence-corrected chi connectivity index (χ1v) is 4.11. The lowest BCUT2D eigenvalue weighted by Crippen LogP contribution is -2.26. The maximum absolute atomic E-state index is 11.1. The Balaban J connectivity index is 2.61. The van der Waals surface area contributed by atoms with Gasteiger partial charge in [-0.2, -0.15) is 0 Å². The number of amides is 1. The summed E-state index contributed by atoms with van der Waals surface area (Å²) in [7, 11) is 0. The van der Waals surface area contributed by atoms with Gasteiger partial charge in [0.25, 0.3) is 0 Å². The van der Waals surface area contributed by atoms with Crippen LogP contribution in [0.25, 0.3) is 0 Å². The van der Waals surface area contributed by atoms with Gasteiger partial charge in [-0.3, -0.25) is 11.1 Å². The van der Waals surface area contributed by atoms with Crippen LogP contribution in [0.15, 0.2) is 24.3 Å². The maximum atomic E-state index is 11.1. The van der Waals surface area contributed by atoms with Crippen molar-refractivity contribution in [3.8, 4) is 5.75 Å². The third-order valence-corrected chi connectivity index (χ3v) is 1.43. The average molecular weight is 196 g/mol. The second-order valence-electron chi connectivity index (χ2n) is 2.75. The van der Waals surface area contributed by atoms with Gasteiger partial charge in [-0.15, -0.1) is 0 Å². The number of phenols is 1. The van der Waals surface area contributed by atoms with Crippen molar-refractivity contribution in [3.05, 3.63) is 24.3 Å². The number of aromatic hydroxyl groups is 1. The number of hydrogen-bond donors (Lipinski definition) is 3. The zero-order chi connectivity index (χ0) is 10.6. The summed E-state index contributed by atoms with van der Waals surface area (Å²) in [5.74, 6) is -0.0193. The van der Waals surface area contributed by atoms with Gasteiger partial charge >= 0.3 is 6.09 Å². The van der Waals surface area contributed by atoms with Crippen molar-refractivity contribution in [1.29, 1.82) is 0 Å². The zero-order valence-corrected chi connectivity index (χ0v) is 7.73. The molecule has 0 spiro atoms. The SMILES string of the molecule is CC(N)OC(=O)Nc1ccccc1O. The van der Waals surface area contributed by atoms with Crippen LogP contribution in [0.1, 0.15) is 6.92 Å². The molecule has 0 aliphatic heterocycles. The van der Waals surface area contributed by atoms with E-state index in [1.807, 2.05) is 0 Å². The molecule has 1 atom stereocenters. The van der Waals surface area contributed by atoms with Gasteiger partial charge in [-0.1, -0.05) is 12.1 Å². The van der Waals surface area contributed by atoms with E-state index in [9.17, 15) is 9.90 Å². The number of para-hydroxylation sites is 2. The molecule has 0 aliphatic rings. The van der Waals surface area contributed by atoms with Crippen molar-refractivity contribution in [3.63, 3.8) is 0 Å². The van der Waals surface area contributed by atoms with Crippen molar-refractivity contribution in [2.24, 2.45) is 5.73 Å². The minimum atomic E-state index is -0.693. The molecule has 0 radical (unpaired) electrons. The molecule has 0 fully saturated rings. The molecule has 4 N–H and O–H groups in total. The Labute approximate surface area is 81.5 Å². The van der Waals surface area contributed by atoms with E-state index < -0.39 is 12.3 Å². The third kappa shape index (κ3) is 2.95. The molecule has 0 bridgehead atoms. The Kier molecular flexibility index (Phi) is 3.30. The predicted molar refractivity (Wildman–Crippen MR) is 51.9 cm³/mol. The molecule has 76 valence electrons. The van der Waals surface area contributed by atoms with Crippen LogP contribution in [0, 0.1) is 0 Å². The number of anilines is 1. The molecule has 0 heterocycles. The largest absolute Gasteiger partial charge is 0.506 e. The van der Waals surface area contributed by atoms with Gasteiger partial charge in [0, 0.05) is 0 Å². The van der Waals surface area contributed by atoms with Crippen LogP contribution in [-0.2, 0) is 4.74 Å². The molecule has 5 heteroatoms. The summed E-state index contributed by atoms with van der Waals surface area (Å²) >= 11 is 0. The first kappa shape index (κ1) is 10.3. The molecule has 5 nitrogen and oxygen atoms in total. The van der Waals surface area contributed by atoms with Gasteiger partial charge in [0.2, 0.25) is 0 Å². The summed E-state index contributed by atoms with van der Waals surface area (Å²) < 4.78 is 4.63. The molecule has 1 aromatic carbocycles. The standard InChI is InChI=1S/C9H12N2O3/c1-6(10)14-9(13)11-7-4-2-3-5-8(7)12/h2-6,12H,10H2,1H3,(H,11,13). The fourth-order valence-electron chi connectivity index (χ4n) is 0.888. The highest BCUT2D eigenvalue weighted by atomic mass is 16.6. The van der Waals surface area contributed by atoms with E-state index in [0.29, 0.717) is 0 Å². The highest BCUT2D eigenvalue weighted by Gasteiger charge is 2.07. The highest BCUT2D eigenvalue weighted by molar-refractivity contribution is 5.86. The highest BCUT2D eigenvalue weighted by Crippen LogP contribution is 2.21. The fourth-order valence-corrected chi connectivity index (χ4v) is 0.888. The lowest BCUT2D eigenvalue weighted by atomic mass is 10.3. The van der Waals surface area contributed by atoms with Gasteiger partial charge in [-0.25, -0.2) is 4.79 Å². The van der Waals surface area contributed by atoms with Crippen LogP contribution < -0.4 is 11.1 Å². The summed E-state index contributed by atoms with van der Waals surface area (Å²) in [6.07, 6.45) is -1.37. The van der Waals surface area contributed by atoms with Gasteiger partial charge in [0.15, 0.2) is 0 Å². The Morgan fingerprint density at radius 1 is 1.57 bits per heavy atom. The van der Waals surface area contributed by atoms with Crippen molar-refractivity contribution in [1.82, 2.24) is 0 Å². The molecule has 0 saturated carbocycles. The summed E-state index contributed by atoms with van der Waals surface area (Å²) in [5.41, 5.74) is 5.53. The van der Waals surface area contributed by atoms with E-state index in [-0.39, 0.29) is 11.4 Å². The van der Waals surface area contributed by atoms with Crippen LogP contribution in [0.2, 0.25) is 0 Å². The quantitative estimate of drug-likeness (QED) is 0.491. The number of ether oxygens (including phenoxy) is 1. The molecule has 1 unspecified atom stereocenters. The van der Waals surface area contributed by atoms with E-state index in [1.165, 1.54) is 13.0 Å². The minimum absolute atomic E-state index is 0.0193. The molecule has 1 amide bonds. The van der Waals surface area contributed by atoms with Crippen LogP contribution in [0.3, 0.4) is 0 Å². The number of benzene rings is 1. The van der Waals surface area contributed by atoms with Crippen molar-refractivity contribution >= 4 is 11.8 Å². The van der Waals surface area contributed by atoms with E-state index in [4.69, 9.17) is 5.73 Å². The van der Waals surface area contributed by atoms with Crippen LogP contribution in [0.4, 0.5) is 10.5 Å². The molecule has 0 saturated heterocycles. The molecule has 14 heavy (non-hydrogen) atoms. The van der Waals surface area contributed by atoms with Crippen molar-refractivity contribution in [2.45, 2.75) is 13.2 Å². The normalized spacial score (nSPS) is 11.9. The lowest BCUT2D eigenvalue weighted by molar-refractivity contribution is 0.124. The number of carbonyl (C=O) groups is 1. The summed E-state index contributed by atoms with van der Waals surface area (Å²) in [5, 5.41) is 11.6. The molecule has 1 aromatic rings. The molecular formula is C9H12N2O3. The molecule has 1 rings (SSSR count). The molecular weight excluding hydrogens is 184 g/mol. The van der Waals surface area contributed by atoms with Crippen LogP contribution in [-0.4, -0.2) is 17.4 Å². The summed E-state index contributed by atoms with van der Waals surface area (Å²) in [4.78, 5) is 11.1. The lowest BCUT2D eigenvalue weighted by Gasteiger charge is -2.09. The van der Waals surface area contributed by atoms with Crippen LogP contribution in [0.5, 0.6) is 5.75 Å². The van der Waals surface area contributed by atoms with E-state index in [1.54, 1.807) is 18.2 Å². The predicted octanol–water partition coefficient (Wildman–Crippen LogP) is 1.25. The number of phenolic OH excluding ortho intramolecular Hbond substituents is 1.